The Morgan fingerprint density at radius 1 is 1.19 bits per heavy atom. The van der Waals surface area contributed by atoms with E-state index in [1.807, 2.05) is 6.07 Å². The van der Waals surface area contributed by atoms with E-state index in [1.54, 1.807) is 13.0 Å². The lowest BCUT2D eigenvalue weighted by atomic mass is 10.1. The van der Waals surface area contributed by atoms with Gasteiger partial charge in [-0.2, -0.15) is 0 Å². The van der Waals surface area contributed by atoms with Crippen molar-refractivity contribution in [1.82, 2.24) is 20.4 Å². The van der Waals surface area contributed by atoms with Crippen molar-refractivity contribution in [3.05, 3.63) is 35.1 Å². The first-order valence-corrected chi connectivity index (χ1v) is 9.77. The molecule has 1 heterocycles. The van der Waals surface area contributed by atoms with E-state index < -0.39 is 0 Å². The number of rotatable bonds is 7. The first-order chi connectivity index (χ1) is 12.5. The highest BCUT2D eigenvalue weighted by atomic mass is 127. The summed E-state index contributed by atoms with van der Waals surface area (Å²) < 4.78 is 13.4. The molecule has 27 heavy (non-hydrogen) atoms. The van der Waals surface area contributed by atoms with Gasteiger partial charge in [-0.3, -0.25) is 4.90 Å². The number of nitrogens with one attached hydrogen (secondary N) is 2. The minimum absolute atomic E-state index is 0. The Hall–Kier alpha value is -0.930. The molecule has 1 aliphatic heterocycles. The van der Waals surface area contributed by atoms with Crippen molar-refractivity contribution in [2.45, 2.75) is 40.3 Å². The van der Waals surface area contributed by atoms with Crippen LogP contribution >= 0.6 is 24.0 Å². The number of likely N-dealkylation sites (N-methyl/N-ethyl adjacent to an activating group) is 1. The summed E-state index contributed by atoms with van der Waals surface area (Å²) in [4.78, 5) is 9.67. The van der Waals surface area contributed by atoms with Crippen molar-refractivity contribution in [2.24, 2.45) is 4.99 Å². The zero-order valence-electron chi connectivity index (χ0n) is 17.1. The molecule has 1 fully saturated rings. The van der Waals surface area contributed by atoms with Crippen LogP contribution in [-0.2, 0) is 6.54 Å². The minimum atomic E-state index is -0.167. The highest BCUT2D eigenvalue weighted by Gasteiger charge is 2.20. The van der Waals surface area contributed by atoms with Crippen LogP contribution < -0.4 is 10.6 Å². The fourth-order valence-electron chi connectivity index (χ4n) is 3.21. The van der Waals surface area contributed by atoms with Gasteiger partial charge in [-0.25, -0.2) is 9.38 Å². The van der Waals surface area contributed by atoms with E-state index in [0.29, 0.717) is 18.2 Å². The van der Waals surface area contributed by atoms with Crippen LogP contribution in [-0.4, -0.2) is 67.6 Å². The van der Waals surface area contributed by atoms with Crippen molar-refractivity contribution in [2.75, 3.05) is 45.8 Å². The zero-order valence-corrected chi connectivity index (χ0v) is 19.4. The van der Waals surface area contributed by atoms with Gasteiger partial charge in [0.05, 0.1) is 6.54 Å². The van der Waals surface area contributed by atoms with E-state index in [0.717, 1.165) is 57.3 Å². The minimum Gasteiger partial charge on any atom is -0.357 e. The van der Waals surface area contributed by atoms with Crippen LogP contribution in [0.15, 0.2) is 23.2 Å². The predicted octanol–water partition coefficient (Wildman–Crippen LogP) is 2.83. The Kier molecular flexibility index (Phi) is 11.2. The van der Waals surface area contributed by atoms with Crippen molar-refractivity contribution in [1.29, 1.82) is 0 Å². The number of aryl methyl sites for hydroxylation is 1. The number of hydrogen-bond donors (Lipinski definition) is 2. The van der Waals surface area contributed by atoms with E-state index in [4.69, 9.17) is 0 Å². The summed E-state index contributed by atoms with van der Waals surface area (Å²) in [5.41, 5.74) is 1.68. The maximum Gasteiger partial charge on any atom is 0.191 e. The third-order valence-corrected chi connectivity index (χ3v) is 5.03. The molecule has 1 saturated heterocycles. The normalized spacial score (nSPS) is 17.3. The topological polar surface area (TPSA) is 42.9 Å². The highest BCUT2D eigenvalue weighted by molar-refractivity contribution is 14.0. The molecule has 0 bridgehead atoms. The van der Waals surface area contributed by atoms with Crippen LogP contribution in [0.4, 0.5) is 4.39 Å². The molecule has 0 aromatic heterocycles. The SMILES string of the molecule is CCNC(=NCc1ccc(F)c(C)c1)NCC(C)N1CCN(CC)CC1.I. The van der Waals surface area contributed by atoms with Gasteiger partial charge >= 0.3 is 0 Å². The molecule has 1 aromatic carbocycles. The maximum atomic E-state index is 13.4. The molecule has 2 rings (SSSR count). The van der Waals surface area contributed by atoms with Gasteiger partial charge in [0.15, 0.2) is 5.96 Å². The molecule has 154 valence electrons. The lowest BCUT2D eigenvalue weighted by Crippen LogP contribution is -2.53. The van der Waals surface area contributed by atoms with Crippen molar-refractivity contribution in [3.8, 4) is 0 Å². The molecule has 7 heteroatoms. The monoisotopic (exact) mass is 491 g/mol. The Balaban J connectivity index is 0.00000364. The molecule has 0 saturated carbocycles. The number of benzene rings is 1. The number of aliphatic imine (C=N–C) groups is 1. The summed E-state index contributed by atoms with van der Waals surface area (Å²) in [7, 11) is 0. The van der Waals surface area contributed by atoms with Crippen molar-refractivity contribution < 1.29 is 4.39 Å². The van der Waals surface area contributed by atoms with Gasteiger partial charge in [-0.05, 0) is 44.5 Å². The molecule has 5 nitrogen and oxygen atoms in total. The number of halogens is 2. The van der Waals surface area contributed by atoms with Crippen LogP contribution in [0.1, 0.15) is 31.9 Å². The van der Waals surface area contributed by atoms with Crippen LogP contribution in [0.25, 0.3) is 0 Å². The van der Waals surface area contributed by atoms with Gasteiger partial charge in [0.1, 0.15) is 5.82 Å². The Labute approximate surface area is 180 Å². The zero-order chi connectivity index (χ0) is 18.9. The quantitative estimate of drug-likeness (QED) is 0.350. The van der Waals surface area contributed by atoms with Gasteiger partial charge in [-0.1, -0.05) is 19.1 Å². The van der Waals surface area contributed by atoms with Crippen LogP contribution in [0.2, 0.25) is 0 Å². The molecule has 2 N–H and O–H groups in total. The number of guanidine groups is 1. The number of hydrogen-bond acceptors (Lipinski definition) is 3. The molecule has 0 radical (unpaired) electrons. The second-order valence-electron chi connectivity index (χ2n) is 6.98. The van der Waals surface area contributed by atoms with E-state index in [9.17, 15) is 4.39 Å². The fraction of sp³-hybridized carbons (Fsp3) is 0.650. The molecule has 1 aliphatic rings. The highest BCUT2D eigenvalue weighted by Crippen LogP contribution is 2.10. The number of nitrogens with zero attached hydrogens (tertiary/aromatic N) is 3. The lowest BCUT2D eigenvalue weighted by molar-refractivity contribution is 0.107. The van der Waals surface area contributed by atoms with Gasteiger partial charge in [-0.15, -0.1) is 24.0 Å². The molecule has 0 amide bonds. The van der Waals surface area contributed by atoms with Gasteiger partial charge < -0.3 is 15.5 Å². The molecular formula is C20H35FIN5. The second-order valence-corrected chi connectivity index (χ2v) is 6.98. The summed E-state index contributed by atoms with van der Waals surface area (Å²) in [6.07, 6.45) is 0. The number of piperazine rings is 1. The van der Waals surface area contributed by atoms with E-state index in [-0.39, 0.29) is 29.8 Å². The smallest absolute Gasteiger partial charge is 0.191 e. The van der Waals surface area contributed by atoms with E-state index in [1.165, 1.54) is 6.07 Å². The maximum absolute atomic E-state index is 13.4. The van der Waals surface area contributed by atoms with E-state index in [2.05, 4.69) is 46.2 Å². The first kappa shape index (κ1) is 24.1. The average Bonchev–Trinajstić information content (AvgIpc) is 2.66. The van der Waals surface area contributed by atoms with Gasteiger partial charge in [0.2, 0.25) is 0 Å². The fourth-order valence-corrected chi connectivity index (χ4v) is 3.21. The molecule has 0 aliphatic carbocycles. The van der Waals surface area contributed by atoms with Crippen molar-refractivity contribution in [3.63, 3.8) is 0 Å². The first-order valence-electron chi connectivity index (χ1n) is 9.77. The molecule has 1 unspecified atom stereocenters. The van der Waals surface area contributed by atoms with Crippen molar-refractivity contribution >= 4 is 29.9 Å². The molecule has 1 atom stereocenters. The second kappa shape index (κ2) is 12.5. The third kappa shape index (κ3) is 7.91. The Morgan fingerprint density at radius 3 is 2.48 bits per heavy atom. The van der Waals surface area contributed by atoms with Gasteiger partial charge in [0, 0.05) is 45.3 Å². The molecule has 0 spiro atoms. The molecular weight excluding hydrogens is 456 g/mol. The summed E-state index contributed by atoms with van der Waals surface area (Å²) >= 11 is 0. The average molecular weight is 491 g/mol. The van der Waals surface area contributed by atoms with E-state index >= 15 is 0 Å². The summed E-state index contributed by atoms with van der Waals surface area (Å²) in [5.74, 6) is 0.647. The predicted molar refractivity (Wildman–Crippen MR) is 123 cm³/mol. The largest absolute Gasteiger partial charge is 0.357 e. The Bertz CT molecular complexity index is 588. The standard InChI is InChI=1S/C20H34FN5.HI/c1-5-22-20(24-15-18-7-8-19(21)16(3)13-18)23-14-17(4)26-11-9-25(6-2)10-12-26;/h7-8,13,17H,5-6,9-12,14-15H2,1-4H3,(H2,22,23,24);1H. The van der Waals surface area contributed by atoms with Crippen LogP contribution in [0, 0.1) is 12.7 Å². The summed E-state index contributed by atoms with van der Waals surface area (Å²) in [6.45, 7) is 16.2. The lowest BCUT2D eigenvalue weighted by Gasteiger charge is -2.37. The third-order valence-electron chi connectivity index (χ3n) is 5.03. The molecule has 1 aromatic rings. The summed E-state index contributed by atoms with van der Waals surface area (Å²) in [6, 6.07) is 5.63. The summed E-state index contributed by atoms with van der Waals surface area (Å²) in [5, 5.41) is 6.74. The van der Waals surface area contributed by atoms with Crippen LogP contribution in [0.3, 0.4) is 0 Å². The van der Waals surface area contributed by atoms with Crippen LogP contribution in [0.5, 0.6) is 0 Å². The van der Waals surface area contributed by atoms with Gasteiger partial charge in [0.25, 0.3) is 0 Å². The Morgan fingerprint density at radius 2 is 1.89 bits per heavy atom.